The quantitative estimate of drug-likeness (QED) is 0.142. The fourth-order valence-corrected chi connectivity index (χ4v) is 5.12. The molecule has 12 heteroatoms. The molecule has 38 heavy (non-hydrogen) atoms. The van der Waals surface area contributed by atoms with Crippen molar-refractivity contribution in [1.29, 1.82) is 0 Å². The monoisotopic (exact) mass is 561 g/mol. The Bertz CT molecular complexity index is 1330. The fraction of sp³-hybridized carbons (Fsp3) is 0.423. The molecule has 0 spiro atoms. The van der Waals surface area contributed by atoms with Crippen LogP contribution in [0.1, 0.15) is 54.6 Å². The highest BCUT2D eigenvalue weighted by Gasteiger charge is 2.49. The number of benzene rings is 2. The van der Waals surface area contributed by atoms with Crippen LogP contribution in [0, 0.1) is 24.5 Å². The van der Waals surface area contributed by atoms with Crippen LogP contribution in [0.5, 0.6) is 5.75 Å². The van der Waals surface area contributed by atoms with Crippen molar-refractivity contribution in [1.82, 2.24) is 4.90 Å². The standard InChI is InChI=1S/C26H28F5NO5S/c1-14(2)13-32-15(3)10-19-16(4)22(37-38(34,35)26(29,30)31)8-7-18(19)25(32)24-20(27)11-17(12-21(24)28)6-9-23(33)36-5/h6-9,11-12,14-15,25H,10,13H2,1-5H3/b9-6+. The number of halogens is 5. The number of methoxy groups -OCH3 is 1. The average Bonchev–Trinajstić information content (AvgIpc) is 2.80. The lowest BCUT2D eigenvalue weighted by molar-refractivity contribution is -0.134. The number of fused-ring (bicyclic) bond motifs is 1. The van der Waals surface area contributed by atoms with E-state index in [1.165, 1.54) is 26.2 Å². The van der Waals surface area contributed by atoms with Crippen LogP contribution in [0.15, 0.2) is 30.3 Å². The molecule has 0 aliphatic carbocycles. The van der Waals surface area contributed by atoms with Crippen molar-refractivity contribution in [3.8, 4) is 5.75 Å². The van der Waals surface area contributed by atoms with E-state index in [4.69, 9.17) is 0 Å². The van der Waals surface area contributed by atoms with Crippen LogP contribution in [-0.2, 0) is 26.1 Å². The van der Waals surface area contributed by atoms with Gasteiger partial charge in [0.05, 0.1) is 13.2 Å². The van der Waals surface area contributed by atoms with E-state index in [1.807, 2.05) is 25.7 Å². The smallest absolute Gasteiger partial charge is 0.466 e. The summed E-state index contributed by atoms with van der Waals surface area (Å²) in [6, 6.07) is 3.30. The van der Waals surface area contributed by atoms with Crippen molar-refractivity contribution in [3.63, 3.8) is 0 Å². The largest absolute Gasteiger partial charge is 0.534 e. The van der Waals surface area contributed by atoms with Gasteiger partial charge in [-0.2, -0.15) is 21.6 Å². The lowest BCUT2D eigenvalue weighted by Crippen LogP contribution is -2.45. The lowest BCUT2D eigenvalue weighted by Gasteiger charge is -2.44. The maximum atomic E-state index is 15.5. The minimum atomic E-state index is -5.91. The number of hydrogen-bond acceptors (Lipinski definition) is 6. The molecule has 1 heterocycles. The summed E-state index contributed by atoms with van der Waals surface area (Å²) in [6.07, 6.45) is 2.52. The third-order valence-electron chi connectivity index (χ3n) is 6.32. The SMILES string of the molecule is COC(=O)/C=C/c1cc(F)c(C2c3ccc(OS(=O)(=O)C(F)(F)F)c(C)c3CC(C)N2CC(C)C)c(F)c1. The molecule has 1 aliphatic heterocycles. The fourth-order valence-electron chi connectivity index (χ4n) is 4.61. The molecule has 6 nitrogen and oxygen atoms in total. The number of esters is 1. The van der Waals surface area contributed by atoms with Crippen LogP contribution in [0.2, 0.25) is 0 Å². The first-order chi connectivity index (χ1) is 17.6. The molecule has 2 unspecified atom stereocenters. The van der Waals surface area contributed by atoms with Crippen molar-refractivity contribution in [2.75, 3.05) is 13.7 Å². The van der Waals surface area contributed by atoms with Gasteiger partial charge in [-0.25, -0.2) is 13.6 Å². The van der Waals surface area contributed by atoms with Gasteiger partial charge in [0.1, 0.15) is 17.4 Å². The van der Waals surface area contributed by atoms with E-state index in [0.29, 0.717) is 17.7 Å². The minimum absolute atomic E-state index is 0.0888. The third-order valence-corrected chi connectivity index (χ3v) is 7.29. The first-order valence-corrected chi connectivity index (χ1v) is 13.1. The molecule has 0 saturated heterocycles. The maximum absolute atomic E-state index is 15.5. The molecule has 0 N–H and O–H groups in total. The highest BCUT2D eigenvalue weighted by Crippen LogP contribution is 2.44. The van der Waals surface area contributed by atoms with E-state index in [2.05, 4.69) is 8.92 Å². The second-order valence-electron chi connectivity index (χ2n) is 9.54. The molecule has 1 aliphatic rings. The Labute approximate surface area is 218 Å². The van der Waals surface area contributed by atoms with Crippen LogP contribution in [-0.4, -0.2) is 44.5 Å². The molecular formula is C26H28F5NO5S. The van der Waals surface area contributed by atoms with Gasteiger partial charge < -0.3 is 8.92 Å². The topological polar surface area (TPSA) is 72.9 Å². The summed E-state index contributed by atoms with van der Waals surface area (Å²) < 4.78 is 102. The summed E-state index contributed by atoms with van der Waals surface area (Å²) in [5.41, 5.74) is -4.79. The van der Waals surface area contributed by atoms with E-state index in [9.17, 15) is 26.4 Å². The van der Waals surface area contributed by atoms with Gasteiger partial charge in [0.2, 0.25) is 0 Å². The number of carbonyl (C=O) groups excluding carboxylic acids is 1. The number of ether oxygens (including phenoxy) is 1. The highest BCUT2D eigenvalue weighted by atomic mass is 32.2. The van der Waals surface area contributed by atoms with Crippen molar-refractivity contribution < 1.29 is 44.1 Å². The van der Waals surface area contributed by atoms with E-state index in [0.717, 1.165) is 24.3 Å². The van der Waals surface area contributed by atoms with Crippen molar-refractivity contribution in [3.05, 3.63) is 69.8 Å². The summed E-state index contributed by atoms with van der Waals surface area (Å²) in [4.78, 5) is 13.3. The first-order valence-electron chi connectivity index (χ1n) is 11.7. The van der Waals surface area contributed by atoms with Crippen molar-refractivity contribution in [2.24, 2.45) is 5.92 Å². The molecule has 0 amide bonds. The van der Waals surface area contributed by atoms with Gasteiger partial charge >= 0.3 is 21.6 Å². The molecule has 0 saturated carbocycles. The van der Waals surface area contributed by atoms with E-state index in [-0.39, 0.29) is 35.1 Å². The number of hydrogen-bond donors (Lipinski definition) is 0. The normalized spacial score (nSPS) is 18.6. The van der Waals surface area contributed by atoms with Crippen LogP contribution >= 0.6 is 0 Å². The van der Waals surface area contributed by atoms with E-state index >= 15 is 8.78 Å². The predicted octanol–water partition coefficient (Wildman–Crippen LogP) is 5.68. The molecule has 0 bridgehead atoms. The van der Waals surface area contributed by atoms with Crippen LogP contribution in [0.25, 0.3) is 6.08 Å². The van der Waals surface area contributed by atoms with Gasteiger partial charge in [0.15, 0.2) is 0 Å². The molecule has 0 fully saturated rings. The second kappa shape index (κ2) is 11.0. The average molecular weight is 562 g/mol. The number of alkyl halides is 3. The molecule has 0 radical (unpaired) electrons. The Hall–Kier alpha value is -2.99. The minimum Gasteiger partial charge on any atom is -0.466 e. The van der Waals surface area contributed by atoms with Crippen molar-refractivity contribution in [2.45, 2.75) is 51.7 Å². The van der Waals surface area contributed by atoms with Gasteiger partial charge in [0, 0.05) is 24.2 Å². The molecule has 2 atom stereocenters. The molecule has 208 valence electrons. The first kappa shape index (κ1) is 29.6. The summed E-state index contributed by atoms with van der Waals surface area (Å²) in [7, 11) is -4.74. The summed E-state index contributed by atoms with van der Waals surface area (Å²) >= 11 is 0. The van der Waals surface area contributed by atoms with Crippen LogP contribution in [0.3, 0.4) is 0 Å². The Kier molecular flexibility index (Phi) is 8.57. The summed E-state index contributed by atoms with van der Waals surface area (Å²) in [5.74, 6) is -2.87. The molecule has 3 rings (SSSR count). The molecular weight excluding hydrogens is 533 g/mol. The highest BCUT2D eigenvalue weighted by molar-refractivity contribution is 7.88. The Morgan fingerprint density at radius 2 is 1.79 bits per heavy atom. The summed E-state index contributed by atoms with van der Waals surface area (Å²) in [6.45, 7) is 7.57. The number of rotatable bonds is 7. The van der Waals surface area contributed by atoms with E-state index < -0.39 is 45.0 Å². The Balaban J connectivity index is 2.18. The van der Waals surface area contributed by atoms with Gasteiger partial charge in [-0.05, 0) is 72.7 Å². The second-order valence-corrected chi connectivity index (χ2v) is 11.1. The zero-order valence-corrected chi connectivity index (χ0v) is 22.2. The van der Waals surface area contributed by atoms with E-state index in [1.54, 1.807) is 0 Å². The zero-order valence-electron chi connectivity index (χ0n) is 21.4. The van der Waals surface area contributed by atoms with Gasteiger partial charge in [-0.3, -0.25) is 4.90 Å². The summed E-state index contributed by atoms with van der Waals surface area (Å²) in [5, 5.41) is 0. The number of nitrogens with zero attached hydrogens (tertiary/aromatic N) is 1. The lowest BCUT2D eigenvalue weighted by atomic mass is 9.81. The Morgan fingerprint density at radius 3 is 2.32 bits per heavy atom. The van der Waals surface area contributed by atoms with Gasteiger partial charge in [0.25, 0.3) is 0 Å². The molecule has 2 aromatic carbocycles. The number of carbonyl (C=O) groups is 1. The maximum Gasteiger partial charge on any atom is 0.534 e. The zero-order chi connectivity index (χ0) is 28.6. The Morgan fingerprint density at radius 1 is 1.18 bits per heavy atom. The molecule has 0 aromatic heterocycles. The molecule has 2 aromatic rings. The van der Waals surface area contributed by atoms with Crippen LogP contribution < -0.4 is 4.18 Å². The van der Waals surface area contributed by atoms with Gasteiger partial charge in [-0.15, -0.1) is 0 Å². The van der Waals surface area contributed by atoms with Crippen molar-refractivity contribution >= 4 is 22.2 Å². The van der Waals surface area contributed by atoms with Gasteiger partial charge in [-0.1, -0.05) is 19.9 Å². The predicted molar refractivity (Wildman–Crippen MR) is 131 cm³/mol. The van der Waals surface area contributed by atoms with Crippen LogP contribution in [0.4, 0.5) is 22.0 Å². The third kappa shape index (κ3) is 6.01.